The zero-order valence-electron chi connectivity index (χ0n) is 17.5. The Morgan fingerprint density at radius 3 is 2.67 bits per heavy atom. The topological polar surface area (TPSA) is 96.9 Å². The second-order valence-corrected chi connectivity index (χ2v) is 7.11. The van der Waals surface area contributed by atoms with E-state index in [0.717, 1.165) is 16.5 Å². The Morgan fingerprint density at radius 2 is 1.90 bits per heavy atom. The number of fused-ring (bicyclic) bond motifs is 1. The van der Waals surface area contributed by atoms with E-state index < -0.39 is 5.91 Å². The minimum Gasteiger partial charge on any atom is -0.488 e. The molecular weight excluding hydrogens is 384 g/mol. The lowest BCUT2D eigenvalue weighted by Gasteiger charge is -2.16. The summed E-state index contributed by atoms with van der Waals surface area (Å²) in [7, 11) is 1.59. The van der Waals surface area contributed by atoms with Crippen LogP contribution in [0.2, 0.25) is 0 Å². The van der Waals surface area contributed by atoms with E-state index in [1.54, 1.807) is 12.6 Å². The number of unbranched alkanes of at least 4 members (excludes halogenated alkanes) is 2. The van der Waals surface area contributed by atoms with Crippen molar-refractivity contribution < 1.29 is 24.3 Å². The third kappa shape index (κ3) is 7.50. The van der Waals surface area contributed by atoms with Crippen LogP contribution in [0.3, 0.4) is 0 Å². The predicted octanol–water partition coefficient (Wildman–Crippen LogP) is 3.36. The molecule has 3 N–H and O–H groups in total. The van der Waals surface area contributed by atoms with Gasteiger partial charge in [-0.2, -0.15) is 0 Å². The first kappa shape index (κ1) is 23.4. The summed E-state index contributed by atoms with van der Waals surface area (Å²) in [5.41, 5.74) is 2.14. The first-order valence-electron chi connectivity index (χ1n) is 10.1. The van der Waals surface area contributed by atoms with Crippen LogP contribution in [0.15, 0.2) is 54.1 Å². The molecule has 1 atom stereocenters. The maximum absolute atomic E-state index is 12.7. The maximum Gasteiger partial charge on any atom is 0.250 e. The highest BCUT2D eigenvalue weighted by atomic mass is 16.5. The minimum atomic E-state index is -0.412. The van der Waals surface area contributed by atoms with Gasteiger partial charge >= 0.3 is 0 Å². The second kappa shape index (κ2) is 12.6. The molecule has 7 nitrogen and oxygen atoms in total. The number of amides is 2. The Kier molecular flexibility index (Phi) is 9.83. The normalized spacial score (nSPS) is 12.4. The van der Waals surface area contributed by atoms with Gasteiger partial charge in [-0.1, -0.05) is 42.5 Å². The molecule has 0 aliphatic heterocycles. The van der Waals surface area contributed by atoms with E-state index in [-0.39, 0.29) is 25.0 Å². The number of hydrogen-bond donors (Lipinski definition) is 3. The van der Waals surface area contributed by atoms with E-state index >= 15 is 0 Å². The van der Waals surface area contributed by atoms with E-state index in [2.05, 4.69) is 5.32 Å². The van der Waals surface area contributed by atoms with Crippen molar-refractivity contribution in [2.24, 2.45) is 0 Å². The standard InChI is InChI=1S/C23H30N2O5/c1-17(15-29-2)24-23(27)19(10-4-3-5-14-22(26)25-28)16-30-21-13-8-11-18-9-6-7-12-20(18)21/h6-13,17,28H,3-5,14-16H2,1-2H3,(H,24,27)(H,25,26). The van der Waals surface area contributed by atoms with Gasteiger partial charge in [0.25, 0.3) is 5.91 Å². The smallest absolute Gasteiger partial charge is 0.250 e. The second-order valence-electron chi connectivity index (χ2n) is 7.11. The highest BCUT2D eigenvalue weighted by molar-refractivity contribution is 5.94. The third-order valence-electron chi connectivity index (χ3n) is 4.59. The molecule has 7 heteroatoms. The van der Waals surface area contributed by atoms with Crippen molar-refractivity contribution in [2.45, 2.75) is 38.6 Å². The van der Waals surface area contributed by atoms with Crippen LogP contribution in [0.25, 0.3) is 10.8 Å². The number of carbonyl (C=O) groups excluding carboxylic acids is 2. The molecule has 0 radical (unpaired) electrons. The Morgan fingerprint density at radius 1 is 1.13 bits per heavy atom. The van der Waals surface area contributed by atoms with Crippen LogP contribution in [-0.2, 0) is 14.3 Å². The Bertz CT molecular complexity index is 860. The fourth-order valence-corrected chi connectivity index (χ4v) is 3.06. The van der Waals surface area contributed by atoms with Crippen LogP contribution >= 0.6 is 0 Å². The van der Waals surface area contributed by atoms with Gasteiger partial charge in [-0.05, 0) is 37.6 Å². The molecule has 0 aromatic heterocycles. The van der Waals surface area contributed by atoms with Gasteiger partial charge in [0.1, 0.15) is 12.4 Å². The van der Waals surface area contributed by atoms with Crippen molar-refractivity contribution >= 4 is 22.6 Å². The van der Waals surface area contributed by atoms with Crippen LogP contribution in [0.4, 0.5) is 0 Å². The summed E-state index contributed by atoms with van der Waals surface area (Å²) >= 11 is 0. The first-order chi connectivity index (χ1) is 14.5. The zero-order chi connectivity index (χ0) is 21.8. The molecule has 0 spiro atoms. The molecule has 0 fully saturated rings. The van der Waals surface area contributed by atoms with E-state index in [1.807, 2.05) is 55.5 Å². The highest BCUT2D eigenvalue weighted by Crippen LogP contribution is 2.25. The van der Waals surface area contributed by atoms with E-state index in [1.165, 1.54) is 0 Å². The molecule has 2 aromatic carbocycles. The lowest BCUT2D eigenvalue weighted by atomic mass is 10.1. The van der Waals surface area contributed by atoms with Crippen LogP contribution < -0.4 is 15.5 Å². The number of nitrogens with one attached hydrogen (secondary N) is 2. The summed E-state index contributed by atoms with van der Waals surface area (Å²) in [5, 5.41) is 13.5. The first-order valence-corrected chi connectivity index (χ1v) is 10.1. The number of methoxy groups -OCH3 is 1. The number of carbonyl (C=O) groups is 2. The summed E-state index contributed by atoms with van der Waals surface area (Å²) in [5.74, 6) is 0.105. The summed E-state index contributed by atoms with van der Waals surface area (Å²) in [6, 6.07) is 13.6. The molecule has 0 bridgehead atoms. The van der Waals surface area contributed by atoms with Crippen molar-refractivity contribution in [2.75, 3.05) is 20.3 Å². The molecule has 2 amide bonds. The molecule has 162 valence electrons. The molecule has 30 heavy (non-hydrogen) atoms. The number of ether oxygens (including phenoxy) is 2. The van der Waals surface area contributed by atoms with E-state index in [0.29, 0.717) is 31.4 Å². The predicted molar refractivity (Wildman–Crippen MR) is 115 cm³/mol. The van der Waals surface area contributed by atoms with Crippen molar-refractivity contribution in [3.8, 4) is 5.75 Å². The molecule has 0 heterocycles. The van der Waals surface area contributed by atoms with Crippen LogP contribution in [0.1, 0.15) is 32.6 Å². The van der Waals surface area contributed by atoms with Crippen LogP contribution in [-0.4, -0.2) is 43.4 Å². The summed E-state index contributed by atoms with van der Waals surface area (Å²) in [6.07, 6.45) is 4.03. The highest BCUT2D eigenvalue weighted by Gasteiger charge is 2.14. The van der Waals surface area contributed by atoms with Crippen LogP contribution in [0, 0.1) is 0 Å². The number of rotatable bonds is 12. The number of hydrogen-bond acceptors (Lipinski definition) is 5. The monoisotopic (exact) mass is 414 g/mol. The minimum absolute atomic E-state index is 0.128. The number of allylic oxidation sites excluding steroid dienone is 1. The van der Waals surface area contributed by atoms with Gasteiger partial charge < -0.3 is 14.8 Å². The molecule has 2 rings (SSSR count). The Balaban J connectivity index is 2.04. The molecule has 0 saturated carbocycles. The Labute approximate surface area is 177 Å². The van der Waals surface area contributed by atoms with Gasteiger partial charge in [0, 0.05) is 25.0 Å². The van der Waals surface area contributed by atoms with Crippen molar-refractivity contribution in [3.05, 3.63) is 54.1 Å². The maximum atomic E-state index is 12.7. The molecule has 0 saturated heterocycles. The van der Waals surface area contributed by atoms with E-state index in [4.69, 9.17) is 14.7 Å². The Hall–Kier alpha value is -2.90. The number of hydroxylamine groups is 1. The average molecular weight is 415 g/mol. The lowest BCUT2D eigenvalue weighted by Crippen LogP contribution is -2.37. The van der Waals surface area contributed by atoms with Crippen molar-refractivity contribution in [3.63, 3.8) is 0 Å². The third-order valence-corrected chi connectivity index (χ3v) is 4.59. The van der Waals surface area contributed by atoms with Gasteiger partial charge in [-0.15, -0.1) is 0 Å². The summed E-state index contributed by atoms with van der Waals surface area (Å²) in [4.78, 5) is 23.8. The summed E-state index contributed by atoms with van der Waals surface area (Å²) < 4.78 is 11.1. The number of benzene rings is 2. The fraction of sp³-hybridized carbons (Fsp3) is 0.391. The van der Waals surface area contributed by atoms with Gasteiger partial charge in [0.2, 0.25) is 5.91 Å². The van der Waals surface area contributed by atoms with Crippen molar-refractivity contribution in [1.82, 2.24) is 10.8 Å². The van der Waals surface area contributed by atoms with Gasteiger partial charge in [0.05, 0.1) is 12.2 Å². The molecule has 0 aliphatic rings. The summed E-state index contributed by atoms with van der Waals surface area (Å²) in [6.45, 7) is 2.42. The van der Waals surface area contributed by atoms with E-state index in [9.17, 15) is 9.59 Å². The molecule has 0 aliphatic carbocycles. The molecular formula is C23H30N2O5. The largest absolute Gasteiger partial charge is 0.488 e. The van der Waals surface area contributed by atoms with Gasteiger partial charge in [-0.25, -0.2) is 5.48 Å². The average Bonchev–Trinajstić information content (AvgIpc) is 2.75. The lowest BCUT2D eigenvalue weighted by molar-refractivity contribution is -0.129. The van der Waals surface area contributed by atoms with Crippen LogP contribution in [0.5, 0.6) is 5.75 Å². The fourth-order valence-electron chi connectivity index (χ4n) is 3.06. The molecule has 2 aromatic rings. The van der Waals surface area contributed by atoms with Gasteiger partial charge in [-0.3, -0.25) is 14.8 Å². The van der Waals surface area contributed by atoms with Crippen molar-refractivity contribution in [1.29, 1.82) is 0 Å². The molecule has 1 unspecified atom stereocenters. The zero-order valence-corrected chi connectivity index (χ0v) is 17.5. The quantitative estimate of drug-likeness (QED) is 0.214. The SMILES string of the molecule is COCC(C)NC(=O)C(=CCCCCC(=O)NO)COc1cccc2ccccc12. The van der Waals surface area contributed by atoms with Gasteiger partial charge in [0.15, 0.2) is 0 Å².